The van der Waals surface area contributed by atoms with Crippen LogP contribution in [-0.2, 0) is 9.53 Å². The third-order valence-corrected chi connectivity index (χ3v) is 5.97. The molecule has 0 radical (unpaired) electrons. The highest BCUT2D eigenvalue weighted by atomic mass is 32.1. The van der Waals surface area contributed by atoms with Gasteiger partial charge in [0, 0.05) is 32.4 Å². The molecule has 0 saturated carbocycles. The highest BCUT2D eigenvalue weighted by Gasteiger charge is 2.17. The monoisotopic (exact) mass is 478 g/mol. The molecule has 1 amide bonds. The standard InChI is InChI=1S/C24H22N4O5S/c1-16-4-8-18(9-5-16)27-23(30)21(14-17-6-10-19(11-7-17)28(31)32)34-24(27)20(15-25)22(29)26-12-3-13-33-2/h4-11,14H,3,12-13H2,1-2H3,(H,26,29)/b21-14-,24-20+. The molecule has 34 heavy (non-hydrogen) atoms. The minimum atomic E-state index is -0.581. The summed E-state index contributed by atoms with van der Waals surface area (Å²) in [4.78, 5) is 36.5. The molecule has 0 atom stereocenters. The van der Waals surface area contributed by atoms with Crippen molar-refractivity contribution >= 4 is 34.6 Å². The summed E-state index contributed by atoms with van der Waals surface area (Å²) in [6.45, 7) is 2.69. The van der Waals surface area contributed by atoms with Gasteiger partial charge in [0.15, 0.2) is 5.57 Å². The molecule has 2 aromatic carbocycles. The Bertz CT molecular complexity index is 1410. The topological polar surface area (TPSA) is 127 Å². The van der Waals surface area contributed by atoms with E-state index in [-0.39, 0.29) is 20.5 Å². The zero-order chi connectivity index (χ0) is 24.7. The lowest BCUT2D eigenvalue weighted by Crippen LogP contribution is -2.34. The smallest absolute Gasteiger partial charge is 0.273 e. The summed E-state index contributed by atoms with van der Waals surface area (Å²) in [5.41, 5.74) is 1.45. The number of carbonyl (C=O) groups is 1. The van der Waals surface area contributed by atoms with Crippen LogP contribution in [-0.4, -0.2) is 35.7 Å². The summed E-state index contributed by atoms with van der Waals surface area (Å²) in [7, 11) is 1.56. The highest BCUT2D eigenvalue weighted by molar-refractivity contribution is 7.07. The normalized spacial score (nSPS) is 12.2. The average Bonchev–Trinajstić information content (AvgIpc) is 3.13. The Kier molecular flexibility index (Phi) is 8.08. The molecule has 0 fully saturated rings. The predicted octanol–water partition coefficient (Wildman–Crippen LogP) is 1.77. The first-order valence-corrected chi connectivity index (χ1v) is 11.1. The number of non-ortho nitro benzene ring substituents is 1. The quantitative estimate of drug-likeness (QED) is 0.299. The molecule has 1 aromatic heterocycles. The van der Waals surface area contributed by atoms with Crippen LogP contribution in [0.4, 0.5) is 5.69 Å². The zero-order valence-corrected chi connectivity index (χ0v) is 19.4. The lowest BCUT2D eigenvalue weighted by atomic mass is 10.2. The summed E-state index contributed by atoms with van der Waals surface area (Å²) < 4.78 is 6.80. The average molecular weight is 479 g/mol. The fourth-order valence-electron chi connectivity index (χ4n) is 3.12. The van der Waals surface area contributed by atoms with E-state index >= 15 is 0 Å². The number of nitriles is 1. The molecular formula is C24H22N4O5S. The maximum absolute atomic E-state index is 13.4. The number of methoxy groups -OCH3 is 1. The van der Waals surface area contributed by atoms with E-state index in [0.29, 0.717) is 30.8 Å². The number of carbonyl (C=O) groups excluding carboxylic acids is 1. The van der Waals surface area contributed by atoms with Gasteiger partial charge in [-0.05, 0) is 49.2 Å². The number of hydrogen-bond donors (Lipinski definition) is 1. The number of nitrogens with one attached hydrogen (secondary N) is 1. The number of rotatable bonds is 8. The second-order valence-electron chi connectivity index (χ2n) is 7.33. The summed E-state index contributed by atoms with van der Waals surface area (Å²) in [5, 5.41) is 23.4. The highest BCUT2D eigenvalue weighted by Crippen LogP contribution is 2.12. The van der Waals surface area contributed by atoms with Crippen molar-refractivity contribution in [1.82, 2.24) is 9.88 Å². The number of ether oxygens (including phenoxy) is 1. The van der Waals surface area contributed by atoms with Gasteiger partial charge in [-0.2, -0.15) is 5.26 Å². The lowest BCUT2D eigenvalue weighted by molar-refractivity contribution is -0.384. The Morgan fingerprint density at radius 3 is 2.50 bits per heavy atom. The van der Waals surface area contributed by atoms with Crippen LogP contribution < -0.4 is 20.1 Å². The molecule has 3 rings (SSSR count). The Labute approximate surface area is 199 Å². The Balaban J connectivity index is 2.20. The second-order valence-corrected chi connectivity index (χ2v) is 8.36. The number of nitrogens with zero attached hydrogens (tertiary/aromatic N) is 3. The van der Waals surface area contributed by atoms with Crippen molar-refractivity contribution in [2.24, 2.45) is 0 Å². The van der Waals surface area contributed by atoms with Crippen LogP contribution in [0.3, 0.4) is 0 Å². The van der Waals surface area contributed by atoms with Gasteiger partial charge in [0.2, 0.25) is 0 Å². The van der Waals surface area contributed by atoms with Crippen molar-refractivity contribution < 1.29 is 14.5 Å². The molecule has 0 unspecified atom stereocenters. The van der Waals surface area contributed by atoms with Crippen molar-refractivity contribution in [2.45, 2.75) is 13.3 Å². The third kappa shape index (κ3) is 5.64. The molecule has 0 aliphatic carbocycles. The maximum Gasteiger partial charge on any atom is 0.273 e. The molecule has 0 aliphatic rings. The van der Waals surface area contributed by atoms with E-state index in [0.717, 1.165) is 16.9 Å². The van der Waals surface area contributed by atoms with Crippen molar-refractivity contribution in [3.05, 3.63) is 89.3 Å². The van der Waals surface area contributed by atoms with Crippen LogP contribution in [0.1, 0.15) is 17.5 Å². The molecule has 1 heterocycles. The molecule has 0 saturated heterocycles. The predicted molar refractivity (Wildman–Crippen MR) is 129 cm³/mol. The Hall–Kier alpha value is -4.07. The minimum absolute atomic E-state index is 0.0636. The molecule has 0 bridgehead atoms. The molecule has 0 spiro atoms. The van der Waals surface area contributed by atoms with E-state index in [1.807, 2.05) is 25.1 Å². The van der Waals surface area contributed by atoms with Crippen LogP contribution in [0.5, 0.6) is 0 Å². The maximum atomic E-state index is 13.4. The fraction of sp³-hybridized carbons (Fsp3) is 0.208. The Morgan fingerprint density at radius 1 is 1.24 bits per heavy atom. The van der Waals surface area contributed by atoms with Crippen LogP contribution in [0.2, 0.25) is 0 Å². The van der Waals surface area contributed by atoms with Gasteiger partial charge in [0.1, 0.15) is 10.7 Å². The van der Waals surface area contributed by atoms with Gasteiger partial charge in [0.25, 0.3) is 17.2 Å². The van der Waals surface area contributed by atoms with E-state index in [1.165, 1.54) is 28.8 Å². The van der Waals surface area contributed by atoms with E-state index in [2.05, 4.69) is 5.32 Å². The number of aryl methyl sites for hydroxylation is 1. The molecule has 1 N–H and O–H groups in total. The molecule has 10 heteroatoms. The number of nitro groups is 1. The first-order chi connectivity index (χ1) is 16.3. The zero-order valence-electron chi connectivity index (χ0n) is 18.6. The van der Waals surface area contributed by atoms with Crippen molar-refractivity contribution in [2.75, 3.05) is 20.3 Å². The number of amides is 1. The summed E-state index contributed by atoms with van der Waals surface area (Å²) in [6, 6.07) is 14.9. The largest absolute Gasteiger partial charge is 0.385 e. The number of thiazole rings is 1. The van der Waals surface area contributed by atoms with E-state index < -0.39 is 16.4 Å². The number of hydrogen-bond acceptors (Lipinski definition) is 7. The van der Waals surface area contributed by atoms with Crippen molar-refractivity contribution in [3.8, 4) is 11.8 Å². The van der Waals surface area contributed by atoms with Crippen molar-refractivity contribution in [1.29, 1.82) is 5.26 Å². The SMILES string of the molecule is COCCCNC(=O)/C(C#N)=c1/s/c(=C\c2ccc([N+](=O)[O-])cc2)c(=O)n1-c1ccc(C)cc1. The van der Waals surface area contributed by atoms with Crippen LogP contribution in [0.15, 0.2) is 53.3 Å². The molecule has 0 aliphatic heterocycles. The molecule has 3 aromatic rings. The second kappa shape index (κ2) is 11.2. The first-order valence-electron chi connectivity index (χ1n) is 10.3. The van der Waals surface area contributed by atoms with Crippen molar-refractivity contribution in [3.63, 3.8) is 0 Å². The van der Waals surface area contributed by atoms with Gasteiger partial charge in [0.05, 0.1) is 15.1 Å². The fourth-order valence-corrected chi connectivity index (χ4v) is 4.23. The number of aromatic nitrogens is 1. The van der Waals surface area contributed by atoms with Crippen LogP contribution in [0, 0.1) is 28.4 Å². The van der Waals surface area contributed by atoms with Gasteiger partial charge >= 0.3 is 0 Å². The van der Waals surface area contributed by atoms with Gasteiger partial charge in [-0.25, -0.2) is 0 Å². The summed E-state index contributed by atoms with van der Waals surface area (Å²) in [5.74, 6) is -0.581. The summed E-state index contributed by atoms with van der Waals surface area (Å²) >= 11 is 1.01. The third-order valence-electron chi connectivity index (χ3n) is 4.88. The van der Waals surface area contributed by atoms with E-state index in [9.17, 15) is 25.0 Å². The van der Waals surface area contributed by atoms with Crippen LogP contribution in [0.25, 0.3) is 17.3 Å². The van der Waals surface area contributed by atoms with Gasteiger partial charge < -0.3 is 10.1 Å². The lowest BCUT2D eigenvalue weighted by Gasteiger charge is -2.06. The van der Waals surface area contributed by atoms with Gasteiger partial charge in [-0.15, -0.1) is 11.3 Å². The summed E-state index contributed by atoms with van der Waals surface area (Å²) in [6.07, 6.45) is 2.16. The Morgan fingerprint density at radius 2 is 1.91 bits per heavy atom. The van der Waals surface area contributed by atoms with Gasteiger partial charge in [-0.3, -0.25) is 24.3 Å². The minimum Gasteiger partial charge on any atom is -0.385 e. The van der Waals surface area contributed by atoms with E-state index in [1.54, 1.807) is 25.3 Å². The molecular weight excluding hydrogens is 456 g/mol. The molecule has 174 valence electrons. The first kappa shape index (κ1) is 24.6. The molecule has 9 nitrogen and oxygen atoms in total. The van der Waals surface area contributed by atoms with Crippen LogP contribution >= 0.6 is 11.3 Å². The number of nitro benzene ring substituents is 1. The number of benzene rings is 2. The van der Waals surface area contributed by atoms with Gasteiger partial charge in [-0.1, -0.05) is 17.7 Å². The van der Waals surface area contributed by atoms with E-state index in [4.69, 9.17) is 4.74 Å².